The largest absolute Gasteiger partial charge is 0.465 e. The van der Waals surface area contributed by atoms with Gasteiger partial charge in [-0.15, -0.1) is 0 Å². The van der Waals surface area contributed by atoms with Crippen LogP contribution >= 0.6 is 11.6 Å². The van der Waals surface area contributed by atoms with Crippen molar-refractivity contribution in [1.82, 2.24) is 9.97 Å². The van der Waals surface area contributed by atoms with Crippen LogP contribution in [0.1, 0.15) is 10.4 Å². The van der Waals surface area contributed by atoms with Gasteiger partial charge >= 0.3 is 5.97 Å². The molecular formula is C10H7ClN2O2. The van der Waals surface area contributed by atoms with Gasteiger partial charge in [0.15, 0.2) is 0 Å². The third-order valence-electron chi connectivity index (χ3n) is 2.02. The van der Waals surface area contributed by atoms with Crippen LogP contribution < -0.4 is 0 Å². The van der Waals surface area contributed by atoms with E-state index in [1.54, 1.807) is 18.2 Å². The van der Waals surface area contributed by atoms with Gasteiger partial charge in [-0.05, 0) is 12.1 Å². The molecule has 0 fully saturated rings. The summed E-state index contributed by atoms with van der Waals surface area (Å²) in [5.74, 6) is -0.447. The summed E-state index contributed by atoms with van der Waals surface area (Å²) in [6, 6.07) is 5.11. The Bertz CT molecular complexity index is 523. The number of carbonyl (C=O) groups excluding carboxylic acids is 1. The Kier molecular flexibility index (Phi) is 2.51. The second-order valence-corrected chi connectivity index (χ2v) is 3.21. The molecular weight excluding hydrogens is 216 g/mol. The zero-order valence-electron chi connectivity index (χ0n) is 7.90. The third-order valence-corrected chi connectivity index (χ3v) is 2.31. The summed E-state index contributed by atoms with van der Waals surface area (Å²) >= 11 is 5.90. The van der Waals surface area contributed by atoms with E-state index >= 15 is 0 Å². The average molecular weight is 223 g/mol. The number of hydrogen-bond donors (Lipinski definition) is 0. The lowest BCUT2D eigenvalue weighted by Crippen LogP contribution is -2.03. The Morgan fingerprint density at radius 3 is 2.93 bits per heavy atom. The highest BCUT2D eigenvalue weighted by Gasteiger charge is 2.13. The molecule has 2 rings (SSSR count). The number of esters is 1. The molecule has 0 unspecified atom stereocenters. The SMILES string of the molecule is COC(=O)c1cccc2ncnc(Cl)c12. The second-order valence-electron chi connectivity index (χ2n) is 2.86. The number of benzene rings is 1. The van der Waals surface area contributed by atoms with E-state index in [4.69, 9.17) is 11.6 Å². The Morgan fingerprint density at radius 2 is 2.20 bits per heavy atom. The van der Waals surface area contributed by atoms with Gasteiger partial charge in [0.2, 0.25) is 0 Å². The molecule has 0 atom stereocenters. The summed E-state index contributed by atoms with van der Waals surface area (Å²) in [5, 5.41) is 0.773. The van der Waals surface area contributed by atoms with Crippen LogP contribution in [0.5, 0.6) is 0 Å². The van der Waals surface area contributed by atoms with Gasteiger partial charge in [-0.25, -0.2) is 14.8 Å². The summed E-state index contributed by atoms with van der Waals surface area (Å²) in [6.07, 6.45) is 1.35. The van der Waals surface area contributed by atoms with Crippen molar-refractivity contribution in [3.8, 4) is 0 Å². The molecule has 0 N–H and O–H groups in total. The van der Waals surface area contributed by atoms with Gasteiger partial charge in [0.05, 0.1) is 23.6 Å². The fourth-order valence-electron chi connectivity index (χ4n) is 1.35. The van der Waals surface area contributed by atoms with E-state index in [1.807, 2.05) is 0 Å². The molecule has 0 bridgehead atoms. The third kappa shape index (κ3) is 1.64. The molecule has 0 aliphatic carbocycles. The number of hydrogen-bond acceptors (Lipinski definition) is 4. The molecule has 0 amide bonds. The highest BCUT2D eigenvalue weighted by Crippen LogP contribution is 2.23. The minimum atomic E-state index is -0.447. The van der Waals surface area contributed by atoms with Gasteiger partial charge < -0.3 is 4.74 Å². The normalized spacial score (nSPS) is 10.3. The van der Waals surface area contributed by atoms with Crippen molar-refractivity contribution in [2.45, 2.75) is 0 Å². The van der Waals surface area contributed by atoms with Gasteiger partial charge in [-0.3, -0.25) is 0 Å². The van der Waals surface area contributed by atoms with Crippen molar-refractivity contribution in [2.75, 3.05) is 7.11 Å². The highest BCUT2D eigenvalue weighted by atomic mass is 35.5. The van der Waals surface area contributed by atoms with Crippen molar-refractivity contribution in [3.63, 3.8) is 0 Å². The van der Waals surface area contributed by atoms with Crippen LogP contribution in [-0.2, 0) is 4.74 Å². The molecule has 0 saturated carbocycles. The molecule has 0 aliphatic heterocycles. The number of methoxy groups -OCH3 is 1. The molecule has 0 spiro atoms. The predicted octanol–water partition coefficient (Wildman–Crippen LogP) is 2.07. The summed E-state index contributed by atoms with van der Waals surface area (Å²) in [4.78, 5) is 19.3. The summed E-state index contributed by atoms with van der Waals surface area (Å²) in [7, 11) is 1.32. The van der Waals surface area contributed by atoms with Gasteiger partial charge in [-0.2, -0.15) is 0 Å². The smallest absolute Gasteiger partial charge is 0.338 e. The van der Waals surface area contributed by atoms with E-state index in [0.29, 0.717) is 16.5 Å². The van der Waals surface area contributed by atoms with Gasteiger partial charge in [0.25, 0.3) is 0 Å². The minimum Gasteiger partial charge on any atom is -0.465 e. The van der Waals surface area contributed by atoms with E-state index in [-0.39, 0.29) is 5.15 Å². The molecule has 76 valence electrons. The first-order chi connectivity index (χ1) is 7.24. The maximum Gasteiger partial charge on any atom is 0.338 e. The van der Waals surface area contributed by atoms with E-state index in [1.165, 1.54) is 13.4 Å². The molecule has 1 heterocycles. The first-order valence-electron chi connectivity index (χ1n) is 4.21. The minimum absolute atomic E-state index is 0.251. The molecule has 0 radical (unpaired) electrons. The van der Waals surface area contributed by atoms with E-state index in [2.05, 4.69) is 14.7 Å². The van der Waals surface area contributed by atoms with E-state index in [9.17, 15) is 4.79 Å². The van der Waals surface area contributed by atoms with E-state index < -0.39 is 5.97 Å². The maximum atomic E-state index is 11.4. The number of halogens is 1. The molecule has 0 saturated heterocycles. The summed E-state index contributed by atoms with van der Waals surface area (Å²) in [5.41, 5.74) is 0.999. The average Bonchev–Trinajstić information content (AvgIpc) is 2.28. The monoisotopic (exact) mass is 222 g/mol. The highest BCUT2D eigenvalue weighted by molar-refractivity contribution is 6.35. The van der Waals surface area contributed by atoms with Crippen molar-refractivity contribution in [3.05, 3.63) is 35.2 Å². The van der Waals surface area contributed by atoms with Crippen LogP contribution in [0.3, 0.4) is 0 Å². The zero-order chi connectivity index (χ0) is 10.8. The first kappa shape index (κ1) is 9.86. The van der Waals surface area contributed by atoms with Crippen LogP contribution in [0.25, 0.3) is 10.9 Å². The number of aromatic nitrogens is 2. The van der Waals surface area contributed by atoms with Crippen molar-refractivity contribution in [1.29, 1.82) is 0 Å². The Morgan fingerprint density at radius 1 is 1.40 bits per heavy atom. The van der Waals surface area contributed by atoms with Crippen LogP contribution in [0.15, 0.2) is 24.5 Å². The standard InChI is InChI=1S/C10H7ClN2O2/c1-15-10(14)6-3-2-4-7-8(6)9(11)13-5-12-7/h2-5H,1H3. The molecule has 15 heavy (non-hydrogen) atoms. The fourth-order valence-corrected chi connectivity index (χ4v) is 1.59. The van der Waals surface area contributed by atoms with Crippen LogP contribution in [-0.4, -0.2) is 23.0 Å². The van der Waals surface area contributed by atoms with Gasteiger partial charge in [0, 0.05) is 0 Å². The number of ether oxygens (including phenoxy) is 1. The number of nitrogens with zero attached hydrogens (tertiary/aromatic N) is 2. The molecule has 2 aromatic rings. The topological polar surface area (TPSA) is 52.1 Å². The first-order valence-corrected chi connectivity index (χ1v) is 4.59. The molecule has 5 heteroatoms. The number of rotatable bonds is 1. The Hall–Kier alpha value is -1.68. The predicted molar refractivity (Wildman–Crippen MR) is 55.9 cm³/mol. The molecule has 1 aromatic carbocycles. The van der Waals surface area contributed by atoms with Crippen LogP contribution in [0, 0.1) is 0 Å². The lowest BCUT2D eigenvalue weighted by atomic mass is 10.1. The number of carbonyl (C=O) groups is 1. The Balaban J connectivity index is 2.80. The molecule has 0 aliphatic rings. The van der Waals surface area contributed by atoms with Crippen molar-refractivity contribution in [2.24, 2.45) is 0 Å². The summed E-state index contributed by atoms with van der Waals surface area (Å²) in [6.45, 7) is 0. The van der Waals surface area contributed by atoms with Crippen LogP contribution in [0.2, 0.25) is 5.15 Å². The lowest BCUT2D eigenvalue weighted by Gasteiger charge is -2.04. The van der Waals surface area contributed by atoms with Crippen molar-refractivity contribution < 1.29 is 9.53 Å². The molecule has 4 nitrogen and oxygen atoms in total. The van der Waals surface area contributed by atoms with Gasteiger partial charge in [-0.1, -0.05) is 17.7 Å². The quantitative estimate of drug-likeness (QED) is 0.548. The fraction of sp³-hybridized carbons (Fsp3) is 0.100. The summed E-state index contributed by atoms with van der Waals surface area (Å²) < 4.78 is 4.65. The van der Waals surface area contributed by atoms with Gasteiger partial charge in [0.1, 0.15) is 11.5 Å². The zero-order valence-corrected chi connectivity index (χ0v) is 8.65. The molecule has 1 aromatic heterocycles. The second kappa shape index (κ2) is 3.82. The van der Waals surface area contributed by atoms with E-state index in [0.717, 1.165) is 0 Å². The maximum absolute atomic E-state index is 11.4. The lowest BCUT2D eigenvalue weighted by molar-refractivity contribution is 0.0603. The van der Waals surface area contributed by atoms with Crippen molar-refractivity contribution >= 4 is 28.5 Å². The Labute approximate surface area is 90.9 Å². The van der Waals surface area contributed by atoms with Crippen LogP contribution in [0.4, 0.5) is 0 Å². The number of fused-ring (bicyclic) bond motifs is 1.